The molecular formula is C16H22ClNO4. The summed E-state index contributed by atoms with van der Waals surface area (Å²) in [7, 11) is 0. The molecule has 2 atom stereocenters. The van der Waals surface area contributed by atoms with Crippen LogP contribution in [0.15, 0.2) is 24.3 Å². The second kappa shape index (κ2) is 6.75. The van der Waals surface area contributed by atoms with Crippen LogP contribution in [0.2, 0.25) is 5.02 Å². The monoisotopic (exact) mass is 327 g/mol. The van der Waals surface area contributed by atoms with Gasteiger partial charge < -0.3 is 14.6 Å². The third-order valence-electron chi connectivity index (χ3n) is 3.33. The van der Waals surface area contributed by atoms with Gasteiger partial charge in [0, 0.05) is 11.4 Å². The SMILES string of the molecule is CC(C)(C)OC(=O)N1C[C@H](Oc2ccc(Cl)cc2)C[C@H]1CO. The Kier molecular flexibility index (Phi) is 5.19. The number of aliphatic hydroxyl groups excluding tert-OH is 1. The first kappa shape index (κ1) is 16.9. The molecule has 22 heavy (non-hydrogen) atoms. The second-order valence-electron chi connectivity index (χ2n) is 6.40. The number of aliphatic hydroxyl groups is 1. The van der Waals surface area contributed by atoms with Crippen molar-refractivity contribution < 1.29 is 19.4 Å². The smallest absolute Gasteiger partial charge is 0.410 e. The first-order valence-electron chi connectivity index (χ1n) is 7.31. The summed E-state index contributed by atoms with van der Waals surface area (Å²) in [6, 6.07) is 6.79. The predicted molar refractivity (Wildman–Crippen MR) is 84.3 cm³/mol. The number of benzene rings is 1. The summed E-state index contributed by atoms with van der Waals surface area (Å²) in [4.78, 5) is 13.7. The van der Waals surface area contributed by atoms with Gasteiger partial charge in [-0.3, -0.25) is 4.90 Å². The van der Waals surface area contributed by atoms with E-state index >= 15 is 0 Å². The first-order chi connectivity index (χ1) is 10.3. The lowest BCUT2D eigenvalue weighted by Gasteiger charge is -2.27. The van der Waals surface area contributed by atoms with Crippen LogP contribution in [0.5, 0.6) is 5.75 Å². The van der Waals surface area contributed by atoms with Gasteiger partial charge in [-0.05, 0) is 45.0 Å². The highest BCUT2D eigenvalue weighted by Crippen LogP contribution is 2.25. The maximum atomic E-state index is 12.2. The number of rotatable bonds is 3. The molecule has 0 radical (unpaired) electrons. The fraction of sp³-hybridized carbons (Fsp3) is 0.562. The number of amides is 1. The van der Waals surface area contributed by atoms with Crippen LogP contribution < -0.4 is 4.74 Å². The first-order valence-corrected chi connectivity index (χ1v) is 7.69. The van der Waals surface area contributed by atoms with Crippen LogP contribution in [0.3, 0.4) is 0 Å². The number of ether oxygens (including phenoxy) is 2. The maximum absolute atomic E-state index is 12.2. The van der Waals surface area contributed by atoms with Gasteiger partial charge in [0.25, 0.3) is 0 Å². The van der Waals surface area contributed by atoms with Crippen molar-refractivity contribution in [3.05, 3.63) is 29.3 Å². The zero-order chi connectivity index (χ0) is 16.3. The molecule has 5 nitrogen and oxygen atoms in total. The lowest BCUT2D eigenvalue weighted by Crippen LogP contribution is -2.41. The molecule has 1 aliphatic rings. The van der Waals surface area contributed by atoms with Gasteiger partial charge in [-0.1, -0.05) is 11.6 Å². The Balaban J connectivity index is 1.99. The maximum Gasteiger partial charge on any atom is 0.410 e. The summed E-state index contributed by atoms with van der Waals surface area (Å²) in [6.07, 6.45) is -0.0298. The summed E-state index contributed by atoms with van der Waals surface area (Å²) < 4.78 is 11.2. The minimum atomic E-state index is -0.563. The number of halogens is 1. The lowest BCUT2D eigenvalue weighted by atomic mass is 10.2. The Hall–Kier alpha value is -1.46. The van der Waals surface area contributed by atoms with Crippen molar-refractivity contribution in [2.75, 3.05) is 13.2 Å². The lowest BCUT2D eigenvalue weighted by molar-refractivity contribution is 0.0165. The van der Waals surface area contributed by atoms with E-state index in [1.807, 2.05) is 20.8 Å². The summed E-state index contributed by atoms with van der Waals surface area (Å²) in [5, 5.41) is 10.1. The van der Waals surface area contributed by atoms with Crippen LogP contribution in [0.25, 0.3) is 0 Å². The van der Waals surface area contributed by atoms with E-state index < -0.39 is 11.7 Å². The molecule has 0 aromatic heterocycles. The minimum absolute atomic E-state index is 0.111. The topological polar surface area (TPSA) is 59.0 Å². The third kappa shape index (κ3) is 4.52. The van der Waals surface area contributed by atoms with Crippen molar-refractivity contribution in [2.24, 2.45) is 0 Å². The van der Waals surface area contributed by atoms with Crippen molar-refractivity contribution in [1.29, 1.82) is 0 Å². The average molecular weight is 328 g/mol. The molecule has 1 saturated heterocycles. The molecule has 0 bridgehead atoms. The van der Waals surface area contributed by atoms with Crippen LogP contribution >= 0.6 is 11.6 Å². The largest absolute Gasteiger partial charge is 0.489 e. The van der Waals surface area contributed by atoms with Crippen molar-refractivity contribution in [3.8, 4) is 5.75 Å². The molecule has 0 aliphatic carbocycles. The molecule has 122 valence electrons. The van der Waals surface area contributed by atoms with Gasteiger partial charge >= 0.3 is 6.09 Å². The molecule has 1 fully saturated rings. The standard InChI is InChI=1S/C16H22ClNO4/c1-16(2,3)22-15(20)18-9-14(8-12(18)10-19)21-13-6-4-11(17)5-7-13/h4-7,12,14,19H,8-10H2,1-3H3/t12-,14+/m0/s1. The molecule has 1 heterocycles. The summed E-state index contributed by atoms with van der Waals surface area (Å²) in [6.45, 7) is 5.73. The zero-order valence-electron chi connectivity index (χ0n) is 13.1. The average Bonchev–Trinajstić information content (AvgIpc) is 2.83. The molecule has 1 N–H and O–H groups in total. The number of hydrogen-bond donors (Lipinski definition) is 1. The highest BCUT2D eigenvalue weighted by molar-refractivity contribution is 6.30. The Morgan fingerprint density at radius 1 is 1.36 bits per heavy atom. The molecule has 0 saturated carbocycles. The van der Waals surface area contributed by atoms with E-state index in [0.717, 1.165) is 0 Å². The molecule has 2 rings (SSSR count). The predicted octanol–water partition coefficient (Wildman–Crippen LogP) is 3.09. The van der Waals surface area contributed by atoms with E-state index in [2.05, 4.69) is 0 Å². The molecule has 0 spiro atoms. The second-order valence-corrected chi connectivity index (χ2v) is 6.84. The van der Waals surface area contributed by atoms with Gasteiger partial charge in [0.05, 0.1) is 19.2 Å². The highest BCUT2D eigenvalue weighted by atomic mass is 35.5. The fourth-order valence-electron chi connectivity index (χ4n) is 2.38. The van der Waals surface area contributed by atoms with Gasteiger partial charge in [-0.15, -0.1) is 0 Å². The van der Waals surface area contributed by atoms with Crippen molar-refractivity contribution in [2.45, 2.75) is 44.9 Å². The van der Waals surface area contributed by atoms with E-state index in [9.17, 15) is 9.90 Å². The van der Waals surface area contributed by atoms with E-state index in [-0.39, 0.29) is 18.8 Å². The number of hydrogen-bond acceptors (Lipinski definition) is 4. The quantitative estimate of drug-likeness (QED) is 0.926. The summed E-state index contributed by atoms with van der Waals surface area (Å²) >= 11 is 5.84. The normalized spacial score (nSPS) is 21.8. The Labute approximate surface area is 135 Å². The van der Waals surface area contributed by atoms with E-state index in [4.69, 9.17) is 21.1 Å². The van der Waals surface area contributed by atoms with Crippen LogP contribution in [-0.4, -0.2) is 47.0 Å². The van der Waals surface area contributed by atoms with Gasteiger partial charge in [0.1, 0.15) is 17.5 Å². The van der Waals surface area contributed by atoms with E-state index in [1.165, 1.54) is 4.90 Å². The minimum Gasteiger partial charge on any atom is -0.489 e. The number of likely N-dealkylation sites (tertiary alicyclic amines) is 1. The van der Waals surface area contributed by atoms with Gasteiger partial charge in [-0.25, -0.2) is 4.79 Å². The molecule has 1 aliphatic heterocycles. The van der Waals surface area contributed by atoms with Crippen molar-refractivity contribution in [3.63, 3.8) is 0 Å². The highest BCUT2D eigenvalue weighted by Gasteiger charge is 2.38. The van der Waals surface area contributed by atoms with Crippen LogP contribution in [0.4, 0.5) is 4.79 Å². The van der Waals surface area contributed by atoms with Crippen LogP contribution in [-0.2, 0) is 4.74 Å². The molecule has 1 aromatic carbocycles. The van der Waals surface area contributed by atoms with E-state index in [0.29, 0.717) is 23.7 Å². The zero-order valence-corrected chi connectivity index (χ0v) is 13.8. The molecule has 1 amide bonds. The van der Waals surface area contributed by atoms with Gasteiger partial charge in [-0.2, -0.15) is 0 Å². The van der Waals surface area contributed by atoms with Crippen molar-refractivity contribution in [1.82, 2.24) is 4.90 Å². The summed E-state index contributed by atoms with van der Waals surface area (Å²) in [5.41, 5.74) is -0.563. The molecular weight excluding hydrogens is 306 g/mol. The Morgan fingerprint density at radius 3 is 2.55 bits per heavy atom. The summed E-state index contributed by atoms with van der Waals surface area (Å²) in [5.74, 6) is 0.692. The molecule has 6 heteroatoms. The van der Waals surface area contributed by atoms with Crippen molar-refractivity contribution >= 4 is 17.7 Å². The van der Waals surface area contributed by atoms with Crippen LogP contribution in [0.1, 0.15) is 27.2 Å². The number of nitrogens with zero attached hydrogens (tertiary/aromatic N) is 1. The van der Waals surface area contributed by atoms with Gasteiger partial charge in [0.2, 0.25) is 0 Å². The van der Waals surface area contributed by atoms with E-state index in [1.54, 1.807) is 24.3 Å². The fourth-order valence-corrected chi connectivity index (χ4v) is 2.51. The van der Waals surface area contributed by atoms with Gasteiger partial charge in [0.15, 0.2) is 0 Å². The Bertz CT molecular complexity index is 512. The Morgan fingerprint density at radius 2 is 2.00 bits per heavy atom. The molecule has 1 aromatic rings. The third-order valence-corrected chi connectivity index (χ3v) is 3.58. The number of carbonyl (C=O) groups is 1. The number of carbonyl (C=O) groups excluding carboxylic acids is 1. The molecule has 0 unspecified atom stereocenters. The van der Waals surface area contributed by atoms with Crippen LogP contribution in [0, 0.1) is 0 Å².